The molecule has 0 spiro atoms. The summed E-state index contributed by atoms with van der Waals surface area (Å²) in [6, 6.07) is 9.58. The number of ketones is 1. The fraction of sp³-hybridized carbons (Fsp3) is 0.562. The largest absolute Gasteiger partial charge is 0.493 e. The number of rotatable bonds is 5. The third kappa shape index (κ3) is 2.95. The fourth-order valence-electron chi connectivity index (χ4n) is 3.29. The van der Waals surface area contributed by atoms with Crippen LogP contribution >= 0.6 is 0 Å². The van der Waals surface area contributed by atoms with Gasteiger partial charge < -0.3 is 4.74 Å². The lowest BCUT2D eigenvalue weighted by Crippen LogP contribution is -2.32. The lowest BCUT2D eigenvalue weighted by molar-refractivity contribution is -0.123. The number of ether oxygens (including phenoxy) is 1. The van der Waals surface area contributed by atoms with Crippen LogP contribution in [0.2, 0.25) is 0 Å². The van der Waals surface area contributed by atoms with Gasteiger partial charge in [0, 0.05) is 33.6 Å². The Morgan fingerprint density at radius 1 is 1.15 bits per heavy atom. The standard InChI is InChI=1S/C16H20O3S/c17-16(8-9-19-13-4-2-1-3-5-13)12-10-14-6-7-15(11-12)20(14)18/h1-5,12,14-15H,6-11H2. The number of Topliss-reactive ketones (excluding diaryl/α,β-unsaturated/α-hetero) is 1. The summed E-state index contributed by atoms with van der Waals surface area (Å²) in [5.41, 5.74) is 0. The van der Waals surface area contributed by atoms with Crippen LogP contribution in [0.5, 0.6) is 5.75 Å². The van der Waals surface area contributed by atoms with E-state index >= 15 is 0 Å². The molecule has 2 saturated heterocycles. The molecule has 0 radical (unpaired) electrons. The monoisotopic (exact) mass is 292 g/mol. The first-order valence-corrected chi connectivity index (χ1v) is 8.61. The molecule has 2 bridgehead atoms. The van der Waals surface area contributed by atoms with Crippen LogP contribution in [0.1, 0.15) is 32.1 Å². The van der Waals surface area contributed by atoms with Gasteiger partial charge in [-0.05, 0) is 37.8 Å². The van der Waals surface area contributed by atoms with Crippen LogP contribution in [-0.4, -0.2) is 27.1 Å². The lowest BCUT2D eigenvalue weighted by Gasteiger charge is -2.26. The molecule has 0 aromatic heterocycles. The Morgan fingerprint density at radius 2 is 1.80 bits per heavy atom. The fourth-order valence-corrected chi connectivity index (χ4v) is 5.41. The maximum Gasteiger partial charge on any atom is 0.139 e. The van der Waals surface area contributed by atoms with E-state index in [0.29, 0.717) is 13.0 Å². The van der Waals surface area contributed by atoms with E-state index in [0.717, 1.165) is 31.4 Å². The molecule has 4 heteroatoms. The second kappa shape index (κ2) is 6.08. The second-order valence-corrected chi connectivity index (χ2v) is 7.69. The molecule has 2 aliphatic heterocycles. The first kappa shape index (κ1) is 13.8. The molecule has 1 aromatic carbocycles. The van der Waals surface area contributed by atoms with Crippen molar-refractivity contribution in [1.82, 2.24) is 0 Å². The van der Waals surface area contributed by atoms with Crippen molar-refractivity contribution in [2.24, 2.45) is 5.92 Å². The Labute approximate surface area is 122 Å². The van der Waals surface area contributed by atoms with Gasteiger partial charge in [0.05, 0.1) is 6.61 Å². The molecule has 1 aromatic rings. The molecule has 2 atom stereocenters. The average Bonchev–Trinajstić information content (AvgIpc) is 2.69. The van der Waals surface area contributed by atoms with E-state index in [9.17, 15) is 9.00 Å². The Morgan fingerprint density at radius 3 is 2.45 bits per heavy atom. The summed E-state index contributed by atoms with van der Waals surface area (Å²) >= 11 is 0. The molecule has 0 aliphatic carbocycles. The molecule has 3 nitrogen and oxygen atoms in total. The van der Waals surface area contributed by atoms with Crippen LogP contribution in [0.4, 0.5) is 0 Å². The van der Waals surface area contributed by atoms with Crippen LogP contribution in [0.25, 0.3) is 0 Å². The third-order valence-electron chi connectivity index (χ3n) is 4.38. The summed E-state index contributed by atoms with van der Waals surface area (Å²) in [6.45, 7) is 0.442. The number of benzene rings is 1. The predicted molar refractivity (Wildman–Crippen MR) is 79.2 cm³/mol. The summed E-state index contributed by atoms with van der Waals surface area (Å²) in [5.74, 6) is 1.21. The van der Waals surface area contributed by atoms with Gasteiger partial charge in [-0.25, -0.2) is 0 Å². The van der Waals surface area contributed by atoms with Crippen molar-refractivity contribution in [3.8, 4) is 5.75 Å². The molecule has 108 valence electrons. The van der Waals surface area contributed by atoms with Crippen LogP contribution < -0.4 is 4.74 Å². The van der Waals surface area contributed by atoms with Gasteiger partial charge in [0.1, 0.15) is 11.5 Å². The van der Waals surface area contributed by atoms with Gasteiger partial charge >= 0.3 is 0 Å². The van der Waals surface area contributed by atoms with Crippen molar-refractivity contribution in [2.45, 2.75) is 42.6 Å². The first-order chi connectivity index (χ1) is 9.74. The highest BCUT2D eigenvalue weighted by Crippen LogP contribution is 2.39. The first-order valence-electron chi connectivity index (χ1n) is 7.34. The van der Waals surface area contributed by atoms with Crippen molar-refractivity contribution in [3.05, 3.63) is 30.3 Å². The molecule has 3 rings (SSSR count). The average molecular weight is 292 g/mol. The topological polar surface area (TPSA) is 43.4 Å². The number of fused-ring (bicyclic) bond motifs is 2. The molecular formula is C16H20O3S. The summed E-state index contributed by atoms with van der Waals surface area (Å²) in [7, 11) is -0.675. The maximum absolute atomic E-state index is 12.2. The molecule has 0 saturated carbocycles. The smallest absolute Gasteiger partial charge is 0.139 e. The molecule has 2 aliphatic rings. The van der Waals surface area contributed by atoms with Crippen LogP contribution in [0.15, 0.2) is 30.3 Å². The van der Waals surface area contributed by atoms with Gasteiger partial charge in [0.25, 0.3) is 0 Å². The number of carbonyl (C=O) groups excluding carboxylic acids is 1. The van der Waals surface area contributed by atoms with E-state index < -0.39 is 10.8 Å². The number of hydrogen-bond donors (Lipinski definition) is 0. The van der Waals surface area contributed by atoms with Gasteiger partial charge in [0.15, 0.2) is 0 Å². The Hall–Kier alpha value is -1.16. The molecule has 0 amide bonds. The Balaban J connectivity index is 1.47. The van der Waals surface area contributed by atoms with E-state index in [1.807, 2.05) is 30.3 Å². The summed E-state index contributed by atoms with van der Waals surface area (Å²) in [4.78, 5) is 12.2. The van der Waals surface area contributed by atoms with Crippen molar-refractivity contribution >= 4 is 16.6 Å². The van der Waals surface area contributed by atoms with Gasteiger partial charge in [-0.15, -0.1) is 0 Å². The van der Waals surface area contributed by atoms with E-state index in [1.165, 1.54) is 0 Å². The Kier molecular flexibility index (Phi) is 4.20. The minimum absolute atomic E-state index is 0.115. The minimum Gasteiger partial charge on any atom is -0.493 e. The van der Waals surface area contributed by atoms with Gasteiger partial charge in [0.2, 0.25) is 0 Å². The van der Waals surface area contributed by atoms with Crippen LogP contribution in [-0.2, 0) is 15.6 Å². The van der Waals surface area contributed by atoms with Crippen molar-refractivity contribution in [1.29, 1.82) is 0 Å². The molecule has 2 unspecified atom stereocenters. The zero-order chi connectivity index (χ0) is 13.9. The highest BCUT2D eigenvalue weighted by atomic mass is 32.2. The van der Waals surface area contributed by atoms with Gasteiger partial charge in [-0.3, -0.25) is 9.00 Å². The number of para-hydroxylation sites is 1. The maximum atomic E-state index is 12.2. The lowest BCUT2D eigenvalue weighted by atomic mass is 9.93. The molecular weight excluding hydrogens is 272 g/mol. The van der Waals surface area contributed by atoms with Crippen LogP contribution in [0.3, 0.4) is 0 Å². The van der Waals surface area contributed by atoms with Gasteiger partial charge in [-0.2, -0.15) is 0 Å². The molecule has 2 fully saturated rings. The summed E-state index contributed by atoms with van der Waals surface area (Å²) in [6.07, 6.45) is 4.20. The van der Waals surface area contributed by atoms with Crippen molar-refractivity contribution in [3.63, 3.8) is 0 Å². The van der Waals surface area contributed by atoms with Crippen molar-refractivity contribution < 1.29 is 13.7 Å². The summed E-state index contributed by atoms with van der Waals surface area (Å²) in [5, 5.41) is 0.551. The van der Waals surface area contributed by atoms with E-state index in [4.69, 9.17) is 4.74 Å². The molecule has 0 N–H and O–H groups in total. The zero-order valence-corrected chi connectivity index (χ0v) is 12.3. The SMILES string of the molecule is O=C(CCOc1ccccc1)C1CC2CCC(C1)S2=O. The van der Waals surface area contributed by atoms with Crippen LogP contribution in [0, 0.1) is 5.92 Å². The van der Waals surface area contributed by atoms with E-state index in [-0.39, 0.29) is 22.2 Å². The Bertz CT molecular complexity index is 484. The normalized spacial score (nSPS) is 32.0. The highest BCUT2D eigenvalue weighted by molar-refractivity contribution is 7.86. The second-order valence-electron chi connectivity index (χ2n) is 5.70. The molecule has 20 heavy (non-hydrogen) atoms. The quantitative estimate of drug-likeness (QED) is 0.838. The van der Waals surface area contributed by atoms with E-state index in [1.54, 1.807) is 0 Å². The van der Waals surface area contributed by atoms with E-state index in [2.05, 4.69) is 0 Å². The van der Waals surface area contributed by atoms with Crippen molar-refractivity contribution in [2.75, 3.05) is 6.61 Å². The minimum atomic E-state index is -0.675. The zero-order valence-electron chi connectivity index (χ0n) is 11.5. The number of hydrogen-bond acceptors (Lipinski definition) is 3. The van der Waals surface area contributed by atoms with Gasteiger partial charge in [-0.1, -0.05) is 18.2 Å². The number of carbonyl (C=O) groups is 1. The summed E-state index contributed by atoms with van der Waals surface area (Å²) < 4.78 is 17.5. The predicted octanol–water partition coefficient (Wildman–Crippen LogP) is 2.71. The highest BCUT2D eigenvalue weighted by Gasteiger charge is 2.42. The third-order valence-corrected chi connectivity index (χ3v) is 6.55. The molecule has 2 heterocycles.